The van der Waals surface area contributed by atoms with Gasteiger partial charge in [0.2, 0.25) is 0 Å². The maximum Gasteiger partial charge on any atom is 0.387 e. The van der Waals surface area contributed by atoms with Gasteiger partial charge in [0.1, 0.15) is 45.3 Å². The average Bonchev–Trinajstić information content (AvgIpc) is 3.18. The summed E-state index contributed by atoms with van der Waals surface area (Å²) in [4.78, 5) is 0. The Labute approximate surface area is 260 Å². The molecule has 0 amide bonds. The van der Waals surface area contributed by atoms with Crippen LogP contribution in [0.2, 0.25) is 0 Å². The Morgan fingerprint density at radius 1 is 0.489 bits per heavy atom. The fraction of sp³-hybridized carbons (Fsp3) is 0.273. The topological polar surface area (TPSA) is 152 Å². The van der Waals surface area contributed by atoms with Gasteiger partial charge < -0.3 is 37.2 Å². The average molecular weight is 653 g/mol. The zero-order valence-electron chi connectivity index (χ0n) is 25.6. The SMILES string of the molecule is Cc1cc(O)cc2c1op(O[C@H](C)C[C@@H](C)Op1oc3c(C)cc(O)cc3c3cc(O)cc(C)c3o1)oc1c(C)cc(O)cc12. The van der Waals surface area contributed by atoms with Crippen molar-refractivity contribution in [2.45, 2.75) is 60.2 Å². The molecule has 0 unspecified atom stereocenters. The molecule has 10 nitrogen and oxygen atoms in total. The second-order valence-electron chi connectivity index (χ2n) is 11.4. The van der Waals surface area contributed by atoms with E-state index in [9.17, 15) is 20.4 Å². The van der Waals surface area contributed by atoms with Gasteiger partial charge in [0, 0.05) is 28.0 Å². The number of benzene rings is 4. The van der Waals surface area contributed by atoms with Gasteiger partial charge in [-0.2, -0.15) is 0 Å². The molecule has 12 heteroatoms. The first-order valence-electron chi connectivity index (χ1n) is 14.4. The lowest BCUT2D eigenvalue weighted by atomic mass is 10.1. The van der Waals surface area contributed by atoms with Crippen LogP contribution in [0.1, 0.15) is 42.5 Å². The first-order valence-corrected chi connectivity index (χ1v) is 16.6. The summed E-state index contributed by atoms with van der Waals surface area (Å²) in [7, 11) is -3.85. The summed E-state index contributed by atoms with van der Waals surface area (Å²) in [5, 5.41) is 43.6. The van der Waals surface area contributed by atoms with E-state index < -0.39 is 16.5 Å². The number of phenols is 4. The normalized spacial score (nSPS) is 13.1. The van der Waals surface area contributed by atoms with E-state index in [-0.39, 0.29) is 35.2 Å². The number of hydrogen-bond acceptors (Lipinski definition) is 10. The fourth-order valence-corrected chi connectivity index (χ4v) is 8.15. The molecule has 0 aliphatic heterocycles. The Hall–Kier alpha value is -4.20. The van der Waals surface area contributed by atoms with Gasteiger partial charge in [0.05, 0.1) is 12.2 Å². The van der Waals surface area contributed by atoms with Crippen molar-refractivity contribution in [2.24, 2.45) is 0 Å². The second kappa shape index (κ2) is 12.0. The third-order valence-electron chi connectivity index (χ3n) is 7.48. The molecule has 0 radical (unpaired) electrons. The molecule has 236 valence electrons. The molecule has 0 saturated heterocycles. The molecule has 0 aliphatic carbocycles. The number of hydrogen-bond donors (Lipinski definition) is 4. The molecule has 6 rings (SSSR count). The number of aromatic hydroxyl groups is 4. The third kappa shape index (κ3) is 6.20. The minimum absolute atomic E-state index is 0.0717. The van der Waals surface area contributed by atoms with Crippen LogP contribution >= 0.6 is 16.5 Å². The molecule has 0 saturated carbocycles. The van der Waals surface area contributed by atoms with Gasteiger partial charge in [-0.05, 0) is 112 Å². The molecule has 2 atom stereocenters. The molecule has 0 aliphatic rings. The van der Waals surface area contributed by atoms with Crippen molar-refractivity contribution >= 4 is 60.4 Å². The van der Waals surface area contributed by atoms with Gasteiger partial charge in [-0.1, -0.05) is 0 Å². The minimum Gasteiger partial charge on any atom is -0.508 e. The molecule has 0 bridgehead atoms. The van der Waals surface area contributed by atoms with Crippen molar-refractivity contribution in [3.8, 4) is 23.0 Å². The first-order chi connectivity index (χ1) is 21.4. The highest BCUT2D eigenvalue weighted by atomic mass is 31.1. The first kappa shape index (κ1) is 30.8. The van der Waals surface area contributed by atoms with E-state index in [4.69, 9.17) is 25.8 Å². The summed E-state index contributed by atoms with van der Waals surface area (Å²) in [5.74, 6) is 0.287. The van der Waals surface area contributed by atoms with Gasteiger partial charge in [-0.3, -0.25) is 9.05 Å². The van der Waals surface area contributed by atoms with Crippen LogP contribution in [0.3, 0.4) is 0 Å². The Kier molecular flexibility index (Phi) is 8.18. The van der Waals surface area contributed by atoms with Crippen molar-refractivity contribution < 1.29 is 46.3 Å². The molecule has 6 aromatic rings. The summed E-state index contributed by atoms with van der Waals surface area (Å²) >= 11 is 0. The van der Waals surface area contributed by atoms with Crippen LogP contribution in [0.25, 0.3) is 43.9 Å². The summed E-state index contributed by atoms with van der Waals surface area (Å²) in [6.07, 6.45) is -0.335. The number of rotatable bonds is 6. The van der Waals surface area contributed by atoms with E-state index in [1.807, 2.05) is 41.5 Å². The number of aryl methyl sites for hydroxylation is 4. The zero-order valence-corrected chi connectivity index (χ0v) is 27.4. The van der Waals surface area contributed by atoms with Crippen LogP contribution in [-0.4, -0.2) is 32.6 Å². The van der Waals surface area contributed by atoms with Crippen LogP contribution in [0.15, 0.2) is 65.3 Å². The molecule has 4 aromatic carbocycles. The Bertz CT molecular complexity index is 1890. The molecular formula is C33H34O10P2. The Morgan fingerprint density at radius 2 is 0.733 bits per heavy atom. The Balaban J connectivity index is 1.34. The van der Waals surface area contributed by atoms with Crippen molar-refractivity contribution in [3.63, 3.8) is 0 Å². The summed E-state index contributed by atoms with van der Waals surface area (Å²) in [6, 6.07) is 12.7. The zero-order chi connectivity index (χ0) is 32.2. The van der Waals surface area contributed by atoms with E-state index in [1.165, 1.54) is 0 Å². The van der Waals surface area contributed by atoms with Gasteiger partial charge in [0.25, 0.3) is 0 Å². The lowest BCUT2D eigenvalue weighted by Crippen LogP contribution is -2.21. The van der Waals surface area contributed by atoms with Gasteiger partial charge in [-0.25, -0.2) is 0 Å². The van der Waals surface area contributed by atoms with Crippen molar-refractivity contribution in [3.05, 3.63) is 70.8 Å². The molecule has 4 N–H and O–H groups in total. The standard InChI is InChI=1S/C33H34O10P2/c1-16-7-22(34)12-26-27-13-23(35)8-17(2)31(27)41-44(40-30(16)26)38-20(5)11-21(6)39-45-42-32-18(3)9-24(36)14-28(32)29-15-25(37)10-19(4)33(29)43-45/h7-10,12-15,20-21,34-37H,11H2,1-6H3/t20-,21-/m1/s1. The van der Waals surface area contributed by atoms with E-state index in [0.717, 1.165) is 0 Å². The van der Waals surface area contributed by atoms with E-state index in [0.29, 0.717) is 72.6 Å². The quantitative estimate of drug-likeness (QED) is 0.137. The van der Waals surface area contributed by atoms with Gasteiger partial charge in [-0.15, -0.1) is 0 Å². The van der Waals surface area contributed by atoms with Crippen LogP contribution < -0.4 is 9.05 Å². The molecule has 2 aromatic heterocycles. The summed E-state index contributed by atoms with van der Waals surface area (Å²) < 4.78 is 37.7. The maximum absolute atomic E-state index is 10.3. The molecule has 2 heterocycles. The highest BCUT2D eigenvalue weighted by molar-refractivity contribution is 7.32. The summed E-state index contributed by atoms with van der Waals surface area (Å²) in [5.41, 5.74) is 4.79. The molecule has 0 spiro atoms. The maximum atomic E-state index is 10.3. The van der Waals surface area contributed by atoms with E-state index in [2.05, 4.69) is 0 Å². The number of phenolic OH excluding ortho intramolecular Hbond substituents is 4. The van der Waals surface area contributed by atoms with Crippen molar-refractivity contribution in [2.75, 3.05) is 0 Å². The van der Waals surface area contributed by atoms with Crippen molar-refractivity contribution in [1.29, 1.82) is 0 Å². The lowest BCUT2D eigenvalue weighted by Gasteiger charge is -2.15. The molecule has 0 fully saturated rings. The monoisotopic (exact) mass is 652 g/mol. The number of fused-ring (bicyclic) bond motifs is 6. The van der Waals surface area contributed by atoms with Crippen LogP contribution in [0.4, 0.5) is 0 Å². The highest BCUT2D eigenvalue weighted by Crippen LogP contribution is 2.42. The second-order valence-corrected chi connectivity index (χ2v) is 13.5. The third-order valence-corrected chi connectivity index (χ3v) is 9.87. The Morgan fingerprint density at radius 3 is 0.978 bits per heavy atom. The highest BCUT2D eigenvalue weighted by Gasteiger charge is 2.20. The minimum atomic E-state index is -1.92. The largest absolute Gasteiger partial charge is 0.508 e. The smallest absolute Gasteiger partial charge is 0.387 e. The fourth-order valence-electron chi connectivity index (χ4n) is 5.57. The molecular weight excluding hydrogens is 618 g/mol. The van der Waals surface area contributed by atoms with Gasteiger partial charge in [0.15, 0.2) is 0 Å². The lowest BCUT2D eigenvalue weighted by molar-refractivity contribution is 0.184. The predicted octanol–water partition coefficient (Wildman–Crippen LogP) is 9.67. The van der Waals surface area contributed by atoms with E-state index >= 15 is 0 Å². The van der Waals surface area contributed by atoms with Crippen LogP contribution in [0.5, 0.6) is 23.0 Å². The van der Waals surface area contributed by atoms with Crippen molar-refractivity contribution in [1.82, 2.24) is 0 Å². The predicted molar refractivity (Wildman–Crippen MR) is 175 cm³/mol. The molecule has 45 heavy (non-hydrogen) atoms. The van der Waals surface area contributed by atoms with Crippen LogP contribution in [0, 0.1) is 27.7 Å². The van der Waals surface area contributed by atoms with Gasteiger partial charge >= 0.3 is 16.5 Å². The van der Waals surface area contributed by atoms with Crippen LogP contribution in [-0.2, 0) is 0 Å². The summed E-state index contributed by atoms with van der Waals surface area (Å²) in [6.45, 7) is 11.1. The van der Waals surface area contributed by atoms with E-state index in [1.54, 1.807) is 48.5 Å².